The van der Waals surface area contributed by atoms with Gasteiger partial charge >= 0.3 is 0 Å². The third-order valence-corrected chi connectivity index (χ3v) is 4.23. The highest BCUT2D eigenvalue weighted by molar-refractivity contribution is 7.22. The monoisotopic (exact) mass is 266 g/mol. The van der Waals surface area contributed by atoms with Crippen molar-refractivity contribution in [3.8, 4) is 0 Å². The molecule has 1 aliphatic rings. The van der Waals surface area contributed by atoms with Gasteiger partial charge in [-0.1, -0.05) is 29.4 Å². The van der Waals surface area contributed by atoms with Crippen LogP contribution in [0.1, 0.15) is 19.3 Å². The van der Waals surface area contributed by atoms with Crippen LogP contribution in [0.4, 0.5) is 5.13 Å². The molecule has 0 spiro atoms. The molecule has 1 aliphatic carbocycles. The fourth-order valence-corrected chi connectivity index (χ4v) is 2.97. The lowest BCUT2D eigenvalue weighted by molar-refractivity contribution is -0.122. The van der Waals surface area contributed by atoms with Crippen molar-refractivity contribution >= 4 is 44.2 Å². The van der Waals surface area contributed by atoms with Crippen molar-refractivity contribution in [2.45, 2.75) is 19.3 Å². The quantitative estimate of drug-likeness (QED) is 0.901. The number of thiazole rings is 1. The molecule has 3 rings (SSSR count). The zero-order valence-electron chi connectivity index (χ0n) is 9.07. The Balaban J connectivity index is 1.83. The highest BCUT2D eigenvalue weighted by Crippen LogP contribution is 2.31. The zero-order valence-corrected chi connectivity index (χ0v) is 10.6. The smallest absolute Gasteiger partial charge is 0.229 e. The molecule has 0 aliphatic heterocycles. The van der Waals surface area contributed by atoms with E-state index >= 15 is 0 Å². The molecular formula is C12H11ClN2OS. The van der Waals surface area contributed by atoms with Crippen LogP contribution >= 0.6 is 22.9 Å². The minimum Gasteiger partial charge on any atom is -0.302 e. The topological polar surface area (TPSA) is 42.0 Å². The molecular weight excluding hydrogens is 256 g/mol. The van der Waals surface area contributed by atoms with Crippen LogP contribution in [0.15, 0.2) is 18.2 Å². The lowest BCUT2D eigenvalue weighted by Gasteiger charge is -2.23. The lowest BCUT2D eigenvalue weighted by atomic mass is 9.85. The van der Waals surface area contributed by atoms with Crippen molar-refractivity contribution in [1.29, 1.82) is 0 Å². The summed E-state index contributed by atoms with van der Waals surface area (Å²) in [4.78, 5) is 16.1. The Morgan fingerprint density at radius 1 is 1.47 bits per heavy atom. The average Bonchev–Trinajstić information content (AvgIpc) is 2.55. The van der Waals surface area contributed by atoms with Gasteiger partial charge in [0.2, 0.25) is 5.91 Å². The molecule has 2 aromatic rings. The fourth-order valence-electron chi connectivity index (χ4n) is 1.83. The van der Waals surface area contributed by atoms with Crippen molar-refractivity contribution in [3.63, 3.8) is 0 Å². The highest BCUT2D eigenvalue weighted by atomic mass is 35.5. The lowest BCUT2D eigenvalue weighted by Crippen LogP contribution is -2.27. The number of carbonyl (C=O) groups is 1. The van der Waals surface area contributed by atoms with Crippen LogP contribution in [-0.2, 0) is 4.79 Å². The van der Waals surface area contributed by atoms with E-state index in [-0.39, 0.29) is 11.8 Å². The second-order valence-corrected chi connectivity index (χ2v) is 5.72. The Hall–Kier alpha value is -1.13. The first-order valence-corrected chi connectivity index (χ1v) is 6.79. The van der Waals surface area contributed by atoms with E-state index < -0.39 is 0 Å². The molecule has 3 nitrogen and oxygen atoms in total. The Morgan fingerprint density at radius 3 is 3.00 bits per heavy atom. The minimum atomic E-state index is 0.0985. The summed E-state index contributed by atoms with van der Waals surface area (Å²) >= 11 is 7.37. The van der Waals surface area contributed by atoms with Gasteiger partial charge in [0.15, 0.2) is 5.13 Å². The Labute approximate surface area is 108 Å². The van der Waals surface area contributed by atoms with Crippen molar-refractivity contribution in [1.82, 2.24) is 4.98 Å². The van der Waals surface area contributed by atoms with Gasteiger partial charge in [-0.2, -0.15) is 0 Å². The highest BCUT2D eigenvalue weighted by Gasteiger charge is 2.25. The molecule has 0 atom stereocenters. The number of aromatic nitrogens is 1. The number of nitrogens with zero attached hydrogens (tertiary/aromatic N) is 1. The second kappa shape index (κ2) is 4.27. The zero-order chi connectivity index (χ0) is 11.8. The molecule has 0 saturated heterocycles. The van der Waals surface area contributed by atoms with Gasteiger partial charge < -0.3 is 5.32 Å². The molecule has 5 heteroatoms. The van der Waals surface area contributed by atoms with Crippen LogP contribution in [0.5, 0.6) is 0 Å². The maximum atomic E-state index is 11.8. The number of carbonyl (C=O) groups excluding carboxylic acids is 1. The molecule has 1 aromatic heterocycles. The third kappa shape index (κ3) is 2.15. The Morgan fingerprint density at radius 2 is 2.29 bits per heavy atom. The van der Waals surface area contributed by atoms with Crippen LogP contribution in [0.3, 0.4) is 0 Å². The summed E-state index contributed by atoms with van der Waals surface area (Å²) in [5.41, 5.74) is 0.878. The number of amides is 1. The molecule has 1 fully saturated rings. The SMILES string of the molecule is O=C(Nc1nc2ccc(Cl)cc2s1)C1CCC1. The van der Waals surface area contributed by atoms with Gasteiger partial charge in [0.1, 0.15) is 0 Å². The van der Waals surface area contributed by atoms with Gasteiger partial charge in [-0.15, -0.1) is 0 Å². The predicted molar refractivity (Wildman–Crippen MR) is 70.6 cm³/mol. The van der Waals surface area contributed by atoms with Gasteiger partial charge in [-0.05, 0) is 31.0 Å². The summed E-state index contributed by atoms with van der Waals surface area (Å²) in [6.07, 6.45) is 3.17. The molecule has 0 radical (unpaired) electrons. The van der Waals surface area contributed by atoms with E-state index in [0.29, 0.717) is 10.2 Å². The average molecular weight is 267 g/mol. The first kappa shape index (κ1) is 11.0. The van der Waals surface area contributed by atoms with E-state index in [1.54, 1.807) is 6.07 Å². The van der Waals surface area contributed by atoms with Crippen LogP contribution in [0.2, 0.25) is 5.02 Å². The van der Waals surface area contributed by atoms with Gasteiger partial charge in [-0.3, -0.25) is 4.79 Å². The van der Waals surface area contributed by atoms with E-state index in [9.17, 15) is 4.79 Å². The molecule has 1 amide bonds. The van der Waals surface area contributed by atoms with Crippen molar-refractivity contribution in [2.75, 3.05) is 5.32 Å². The summed E-state index contributed by atoms with van der Waals surface area (Å²) in [6, 6.07) is 5.54. The summed E-state index contributed by atoms with van der Waals surface area (Å²) in [5, 5.41) is 4.24. The molecule has 0 bridgehead atoms. The van der Waals surface area contributed by atoms with Crippen molar-refractivity contribution < 1.29 is 4.79 Å². The summed E-state index contributed by atoms with van der Waals surface area (Å²) in [6.45, 7) is 0. The van der Waals surface area contributed by atoms with Gasteiger partial charge in [0.25, 0.3) is 0 Å². The number of benzene rings is 1. The number of hydrogen-bond acceptors (Lipinski definition) is 3. The largest absolute Gasteiger partial charge is 0.302 e. The predicted octanol–water partition coefficient (Wildman–Crippen LogP) is 3.69. The molecule has 0 unspecified atom stereocenters. The fraction of sp³-hybridized carbons (Fsp3) is 0.333. The van der Waals surface area contributed by atoms with Crippen LogP contribution in [0, 0.1) is 5.92 Å². The van der Waals surface area contributed by atoms with E-state index in [4.69, 9.17) is 11.6 Å². The Bertz CT molecular complexity index is 577. The molecule has 88 valence electrons. The third-order valence-electron chi connectivity index (χ3n) is 3.06. The molecule has 1 aromatic carbocycles. The van der Waals surface area contributed by atoms with E-state index in [1.165, 1.54) is 11.3 Å². The summed E-state index contributed by atoms with van der Waals surface area (Å²) in [5.74, 6) is 0.284. The maximum Gasteiger partial charge on any atom is 0.229 e. The minimum absolute atomic E-state index is 0.0985. The summed E-state index contributed by atoms with van der Waals surface area (Å²) < 4.78 is 1.00. The number of fused-ring (bicyclic) bond motifs is 1. The first-order valence-electron chi connectivity index (χ1n) is 5.59. The summed E-state index contributed by atoms with van der Waals surface area (Å²) in [7, 11) is 0. The first-order chi connectivity index (χ1) is 8.22. The number of hydrogen-bond donors (Lipinski definition) is 1. The number of rotatable bonds is 2. The van der Waals surface area contributed by atoms with Gasteiger partial charge in [0, 0.05) is 10.9 Å². The van der Waals surface area contributed by atoms with Crippen LogP contribution < -0.4 is 5.32 Å². The van der Waals surface area contributed by atoms with Crippen molar-refractivity contribution in [2.24, 2.45) is 5.92 Å². The normalized spacial score (nSPS) is 15.8. The van der Waals surface area contributed by atoms with E-state index in [0.717, 1.165) is 29.5 Å². The van der Waals surface area contributed by atoms with Crippen molar-refractivity contribution in [3.05, 3.63) is 23.2 Å². The number of nitrogens with one attached hydrogen (secondary N) is 1. The molecule has 1 saturated carbocycles. The van der Waals surface area contributed by atoms with E-state index in [1.807, 2.05) is 12.1 Å². The number of anilines is 1. The van der Waals surface area contributed by atoms with Gasteiger partial charge in [-0.25, -0.2) is 4.98 Å². The Kier molecular flexibility index (Phi) is 2.76. The molecule has 1 heterocycles. The molecule has 17 heavy (non-hydrogen) atoms. The second-order valence-electron chi connectivity index (χ2n) is 4.25. The number of halogens is 1. The van der Waals surface area contributed by atoms with Crippen LogP contribution in [0.25, 0.3) is 10.2 Å². The molecule has 1 N–H and O–H groups in total. The maximum absolute atomic E-state index is 11.8. The van der Waals surface area contributed by atoms with E-state index in [2.05, 4.69) is 10.3 Å². The van der Waals surface area contributed by atoms with Crippen LogP contribution in [-0.4, -0.2) is 10.9 Å². The standard InChI is InChI=1S/C12H11ClN2OS/c13-8-4-5-9-10(6-8)17-12(14-9)15-11(16)7-2-1-3-7/h4-7H,1-3H2,(H,14,15,16). The van der Waals surface area contributed by atoms with Gasteiger partial charge in [0.05, 0.1) is 10.2 Å².